The fourth-order valence-corrected chi connectivity index (χ4v) is 4.30. The Bertz CT molecular complexity index is 1090. The number of ketones is 1. The smallest absolute Gasteiger partial charge is 0.200 e. The SMILES string of the molecule is O=C1c2c(O)cccc2-c2nn(CCCCCO)c3ccc(NCCCCCO)c1c23. The van der Waals surface area contributed by atoms with Crippen LogP contribution in [0.25, 0.3) is 22.2 Å². The average Bonchev–Trinajstić information content (AvgIpc) is 3.14. The number of unbranched alkanes of at least 4 members (excludes halogenated alkanes) is 4. The van der Waals surface area contributed by atoms with Crippen molar-refractivity contribution in [3.05, 3.63) is 41.5 Å². The van der Waals surface area contributed by atoms with E-state index < -0.39 is 0 Å². The fourth-order valence-electron chi connectivity index (χ4n) is 4.30. The number of aliphatic hydroxyl groups is 2. The van der Waals surface area contributed by atoms with Crippen molar-refractivity contribution in [2.75, 3.05) is 25.1 Å². The molecule has 0 radical (unpaired) electrons. The summed E-state index contributed by atoms with van der Waals surface area (Å²) < 4.78 is 1.93. The van der Waals surface area contributed by atoms with Crippen LogP contribution in [0.4, 0.5) is 5.69 Å². The lowest BCUT2D eigenvalue weighted by molar-refractivity contribution is 0.103. The number of fused-ring (bicyclic) bond motifs is 2. The molecule has 0 atom stereocenters. The highest BCUT2D eigenvalue weighted by molar-refractivity contribution is 6.28. The van der Waals surface area contributed by atoms with E-state index in [1.54, 1.807) is 6.07 Å². The maximum Gasteiger partial charge on any atom is 0.200 e. The monoisotopic (exact) mass is 423 g/mol. The Balaban J connectivity index is 1.76. The third kappa shape index (κ3) is 4.03. The van der Waals surface area contributed by atoms with E-state index in [1.165, 1.54) is 6.07 Å². The molecule has 0 bridgehead atoms. The Morgan fingerprint density at radius 3 is 2.45 bits per heavy atom. The number of anilines is 1. The number of aliphatic hydroxyl groups excluding tert-OH is 2. The highest BCUT2D eigenvalue weighted by atomic mass is 16.3. The predicted molar refractivity (Wildman–Crippen MR) is 121 cm³/mol. The number of phenols is 1. The van der Waals surface area contributed by atoms with E-state index in [4.69, 9.17) is 15.3 Å². The summed E-state index contributed by atoms with van der Waals surface area (Å²) in [6.45, 7) is 1.77. The van der Waals surface area contributed by atoms with E-state index in [9.17, 15) is 9.90 Å². The van der Waals surface area contributed by atoms with E-state index >= 15 is 0 Å². The zero-order valence-corrected chi connectivity index (χ0v) is 17.6. The summed E-state index contributed by atoms with van der Waals surface area (Å²) in [5.74, 6) is -0.222. The van der Waals surface area contributed by atoms with Crippen LogP contribution < -0.4 is 5.32 Å². The number of phenolic OH excluding ortho intramolecular Hbond substituents is 1. The number of rotatable bonds is 11. The zero-order valence-electron chi connectivity index (χ0n) is 17.6. The largest absolute Gasteiger partial charge is 0.507 e. The first-order chi connectivity index (χ1) is 15.2. The molecule has 0 saturated heterocycles. The molecule has 164 valence electrons. The van der Waals surface area contributed by atoms with Gasteiger partial charge in [0.1, 0.15) is 11.4 Å². The standard InChI is InChI=1S/C24H29N3O4/c28-14-5-1-3-12-25-17-10-11-18-22-21(17)24(31)20-16(8-7-9-19(20)30)23(22)26-27(18)13-4-2-6-15-29/h7-11,25,28-30H,1-6,12-15H2. The van der Waals surface area contributed by atoms with Crippen LogP contribution in [0.2, 0.25) is 0 Å². The molecule has 0 saturated carbocycles. The third-order valence-electron chi connectivity index (χ3n) is 5.85. The lowest BCUT2D eigenvalue weighted by atomic mass is 9.86. The van der Waals surface area contributed by atoms with E-state index in [2.05, 4.69) is 5.32 Å². The molecule has 31 heavy (non-hydrogen) atoms. The van der Waals surface area contributed by atoms with Crippen LogP contribution in [0, 0.1) is 0 Å². The number of aromatic hydroxyl groups is 1. The van der Waals surface area contributed by atoms with Gasteiger partial charge in [0.25, 0.3) is 0 Å². The molecule has 0 aliphatic heterocycles. The van der Waals surface area contributed by atoms with E-state index in [0.717, 1.165) is 60.8 Å². The third-order valence-corrected chi connectivity index (χ3v) is 5.85. The second-order valence-electron chi connectivity index (χ2n) is 7.98. The van der Waals surface area contributed by atoms with Gasteiger partial charge in [0, 0.05) is 42.9 Å². The Labute approximate surface area is 181 Å². The van der Waals surface area contributed by atoms with Gasteiger partial charge < -0.3 is 20.6 Å². The van der Waals surface area contributed by atoms with Crippen molar-refractivity contribution in [1.82, 2.24) is 9.78 Å². The fraction of sp³-hybridized carbons (Fsp3) is 0.417. The predicted octanol–water partition coefficient (Wildman–Crippen LogP) is 3.69. The molecular weight excluding hydrogens is 394 g/mol. The van der Waals surface area contributed by atoms with Crippen LogP contribution in [0.3, 0.4) is 0 Å². The molecule has 4 N–H and O–H groups in total. The van der Waals surface area contributed by atoms with Gasteiger partial charge >= 0.3 is 0 Å². The van der Waals surface area contributed by atoms with Crippen molar-refractivity contribution in [3.63, 3.8) is 0 Å². The molecule has 1 aliphatic carbocycles. The van der Waals surface area contributed by atoms with Gasteiger partial charge in [-0.3, -0.25) is 9.48 Å². The van der Waals surface area contributed by atoms with Crippen molar-refractivity contribution in [2.45, 2.75) is 45.1 Å². The first-order valence-corrected chi connectivity index (χ1v) is 11.0. The number of carbonyl (C=O) groups excluding carboxylic acids is 1. The number of benzene rings is 2. The van der Waals surface area contributed by atoms with E-state index in [0.29, 0.717) is 29.8 Å². The van der Waals surface area contributed by atoms with Gasteiger partial charge in [0.05, 0.1) is 16.6 Å². The highest BCUT2D eigenvalue weighted by Gasteiger charge is 2.32. The summed E-state index contributed by atoms with van der Waals surface area (Å²) in [7, 11) is 0. The topological polar surface area (TPSA) is 108 Å². The lowest BCUT2D eigenvalue weighted by Crippen LogP contribution is -2.14. The summed E-state index contributed by atoms with van der Waals surface area (Å²) in [4.78, 5) is 13.5. The number of aryl methyl sites for hydroxylation is 1. The minimum Gasteiger partial charge on any atom is -0.507 e. The summed E-state index contributed by atoms with van der Waals surface area (Å²) >= 11 is 0. The van der Waals surface area contributed by atoms with Crippen molar-refractivity contribution in [3.8, 4) is 17.0 Å². The van der Waals surface area contributed by atoms with Crippen LogP contribution in [0.15, 0.2) is 30.3 Å². The van der Waals surface area contributed by atoms with E-state index in [1.807, 2.05) is 22.9 Å². The van der Waals surface area contributed by atoms with Crippen LogP contribution in [-0.2, 0) is 6.54 Å². The summed E-state index contributed by atoms with van der Waals surface area (Å²) in [6.07, 6.45) is 5.13. The summed E-state index contributed by atoms with van der Waals surface area (Å²) in [5, 5.41) is 37.5. The first kappa shape index (κ1) is 21.3. The lowest BCUT2D eigenvalue weighted by Gasteiger charge is -2.19. The van der Waals surface area contributed by atoms with Crippen LogP contribution in [0.5, 0.6) is 5.75 Å². The van der Waals surface area contributed by atoms with E-state index in [-0.39, 0.29) is 24.7 Å². The number of aromatic nitrogens is 2. The average molecular weight is 424 g/mol. The van der Waals surface area contributed by atoms with Gasteiger partial charge in [-0.25, -0.2) is 0 Å². The van der Waals surface area contributed by atoms with Gasteiger partial charge in [0.2, 0.25) is 0 Å². The van der Waals surface area contributed by atoms with Crippen LogP contribution >= 0.6 is 0 Å². The Kier molecular flexibility index (Phi) is 6.53. The Hall–Kier alpha value is -2.90. The molecule has 0 spiro atoms. The van der Waals surface area contributed by atoms with Crippen molar-refractivity contribution in [1.29, 1.82) is 0 Å². The molecule has 1 heterocycles. The maximum absolute atomic E-state index is 13.5. The number of hydrogen-bond acceptors (Lipinski definition) is 6. The van der Waals surface area contributed by atoms with Gasteiger partial charge in [-0.2, -0.15) is 5.10 Å². The molecule has 0 fully saturated rings. The van der Waals surface area contributed by atoms with Crippen molar-refractivity contribution in [2.24, 2.45) is 0 Å². The molecule has 3 aromatic rings. The van der Waals surface area contributed by atoms with Crippen LogP contribution in [0.1, 0.15) is 54.4 Å². The quantitative estimate of drug-likeness (QED) is 0.274. The normalized spacial score (nSPS) is 12.4. The molecule has 7 nitrogen and oxygen atoms in total. The molecule has 7 heteroatoms. The molecule has 4 rings (SSSR count). The minimum atomic E-state index is -0.191. The molecule has 1 aromatic heterocycles. The zero-order chi connectivity index (χ0) is 21.8. The second kappa shape index (κ2) is 9.49. The Morgan fingerprint density at radius 1 is 0.903 bits per heavy atom. The number of carbonyl (C=O) groups is 1. The molecule has 0 amide bonds. The maximum atomic E-state index is 13.5. The summed E-state index contributed by atoms with van der Waals surface area (Å²) in [5.41, 5.74) is 3.90. The Morgan fingerprint density at radius 2 is 1.68 bits per heavy atom. The number of nitrogens with zero attached hydrogens (tertiary/aromatic N) is 2. The number of hydrogen-bond donors (Lipinski definition) is 4. The van der Waals surface area contributed by atoms with Gasteiger partial charge in [-0.15, -0.1) is 0 Å². The minimum absolute atomic E-state index is 0.0310. The molecule has 0 unspecified atom stereocenters. The van der Waals surface area contributed by atoms with Gasteiger partial charge in [-0.1, -0.05) is 12.1 Å². The van der Waals surface area contributed by atoms with Crippen molar-refractivity contribution < 1.29 is 20.1 Å². The summed E-state index contributed by atoms with van der Waals surface area (Å²) in [6, 6.07) is 9.03. The molecular formula is C24H29N3O4. The number of nitrogens with one attached hydrogen (secondary N) is 1. The highest BCUT2D eigenvalue weighted by Crippen LogP contribution is 2.44. The first-order valence-electron chi connectivity index (χ1n) is 11.0. The molecule has 2 aromatic carbocycles. The molecule has 1 aliphatic rings. The second-order valence-corrected chi connectivity index (χ2v) is 7.98. The van der Waals surface area contributed by atoms with Crippen molar-refractivity contribution >= 4 is 22.4 Å². The van der Waals surface area contributed by atoms with Crippen LogP contribution in [-0.4, -0.2) is 50.6 Å². The van der Waals surface area contributed by atoms with Gasteiger partial charge in [0.15, 0.2) is 5.78 Å². The van der Waals surface area contributed by atoms with Gasteiger partial charge in [-0.05, 0) is 56.7 Å².